The minimum Gasteiger partial charge on any atom is -0.497 e. The van der Waals surface area contributed by atoms with Crippen molar-refractivity contribution >= 4 is 47.8 Å². The first-order chi connectivity index (χ1) is 18.3. The van der Waals surface area contributed by atoms with Gasteiger partial charge in [0.1, 0.15) is 17.3 Å². The number of methoxy groups -OCH3 is 2. The van der Waals surface area contributed by atoms with Gasteiger partial charge in [0.15, 0.2) is 6.73 Å². The quantitative estimate of drug-likeness (QED) is 0.0557. The van der Waals surface area contributed by atoms with Crippen LogP contribution in [0.25, 0.3) is 11.3 Å². The molecule has 0 bridgehead atoms. The topological polar surface area (TPSA) is 93.2 Å². The number of carbonyl (C=O) groups is 1. The third-order valence-corrected chi connectivity index (χ3v) is 6.62. The first-order valence-corrected chi connectivity index (χ1v) is 13.1. The molecule has 0 radical (unpaired) electrons. The fourth-order valence-electron chi connectivity index (χ4n) is 3.29. The Bertz CT molecular complexity index is 1150. The molecule has 38 heavy (non-hydrogen) atoms. The van der Waals surface area contributed by atoms with Crippen LogP contribution in [-0.4, -0.2) is 39.8 Å². The SMILES string of the molecule is C=N/C=C(\OCNc1cc(OC)cc(OC)c1)c1cc(NSCC(C)C)cc(/C(C)=C(C)/C=C\NC=O)c1. The predicted molar refractivity (Wildman–Crippen MR) is 161 cm³/mol. The van der Waals surface area contributed by atoms with E-state index >= 15 is 0 Å². The highest BCUT2D eigenvalue weighted by Gasteiger charge is 2.11. The maximum absolute atomic E-state index is 10.6. The van der Waals surface area contributed by atoms with Crippen LogP contribution in [0.2, 0.25) is 0 Å². The van der Waals surface area contributed by atoms with E-state index in [2.05, 4.69) is 47.0 Å². The molecule has 0 atom stereocenters. The monoisotopic (exact) mass is 538 g/mol. The highest BCUT2D eigenvalue weighted by atomic mass is 32.2. The van der Waals surface area contributed by atoms with Crippen molar-refractivity contribution in [2.75, 3.05) is 36.7 Å². The van der Waals surface area contributed by atoms with E-state index in [0.29, 0.717) is 29.6 Å². The first-order valence-electron chi connectivity index (χ1n) is 12.1. The number of benzene rings is 2. The lowest BCUT2D eigenvalue weighted by molar-refractivity contribution is -0.108. The van der Waals surface area contributed by atoms with Crippen LogP contribution in [0.1, 0.15) is 38.8 Å². The van der Waals surface area contributed by atoms with E-state index in [0.717, 1.165) is 39.4 Å². The van der Waals surface area contributed by atoms with Gasteiger partial charge in [-0.2, -0.15) is 0 Å². The summed E-state index contributed by atoms with van der Waals surface area (Å²) in [5, 5.41) is 5.79. The van der Waals surface area contributed by atoms with E-state index in [1.807, 2.05) is 44.2 Å². The smallest absolute Gasteiger partial charge is 0.211 e. The molecule has 0 saturated carbocycles. The number of rotatable bonds is 16. The maximum atomic E-state index is 10.6. The zero-order chi connectivity index (χ0) is 27.9. The number of carbonyl (C=O) groups excluding carboxylic acids is 1. The number of ether oxygens (including phenoxy) is 3. The number of nitrogens with zero attached hydrogens (tertiary/aromatic N) is 1. The number of hydrogen-bond acceptors (Lipinski definition) is 8. The average molecular weight is 539 g/mol. The highest BCUT2D eigenvalue weighted by Crippen LogP contribution is 2.30. The number of hydrogen-bond donors (Lipinski definition) is 3. The number of aliphatic imine (C=N–C) groups is 1. The molecule has 0 fully saturated rings. The lowest BCUT2D eigenvalue weighted by Gasteiger charge is -2.17. The fraction of sp³-hybridized carbons (Fsp3) is 0.310. The zero-order valence-electron chi connectivity index (χ0n) is 23.0. The predicted octanol–water partition coefficient (Wildman–Crippen LogP) is 6.56. The van der Waals surface area contributed by atoms with Crippen LogP contribution in [0.4, 0.5) is 11.4 Å². The van der Waals surface area contributed by atoms with E-state index < -0.39 is 0 Å². The molecule has 1 amide bonds. The van der Waals surface area contributed by atoms with Gasteiger partial charge in [0.25, 0.3) is 0 Å². The van der Waals surface area contributed by atoms with Crippen LogP contribution < -0.4 is 24.8 Å². The zero-order valence-corrected chi connectivity index (χ0v) is 23.8. The third kappa shape index (κ3) is 9.89. The van der Waals surface area contributed by atoms with Gasteiger partial charge in [-0.1, -0.05) is 25.8 Å². The number of nitrogens with one attached hydrogen (secondary N) is 3. The van der Waals surface area contributed by atoms with Crippen molar-refractivity contribution in [3.8, 4) is 11.5 Å². The molecule has 0 aliphatic heterocycles. The lowest BCUT2D eigenvalue weighted by atomic mass is 9.98. The molecular formula is C29H38N4O4S. The van der Waals surface area contributed by atoms with Gasteiger partial charge in [-0.3, -0.25) is 9.79 Å². The Morgan fingerprint density at radius 3 is 2.32 bits per heavy atom. The van der Waals surface area contributed by atoms with Crippen LogP contribution in [-0.2, 0) is 9.53 Å². The van der Waals surface area contributed by atoms with Crippen LogP contribution in [0.3, 0.4) is 0 Å². The Morgan fingerprint density at radius 1 is 1.03 bits per heavy atom. The number of anilines is 2. The van der Waals surface area contributed by atoms with Crippen molar-refractivity contribution in [3.05, 3.63) is 71.6 Å². The largest absolute Gasteiger partial charge is 0.497 e. The molecule has 0 spiro atoms. The van der Waals surface area contributed by atoms with Crippen LogP contribution in [0.5, 0.6) is 11.5 Å². The fourth-order valence-corrected chi connectivity index (χ4v) is 3.99. The van der Waals surface area contributed by atoms with Crippen LogP contribution in [0, 0.1) is 5.92 Å². The lowest BCUT2D eigenvalue weighted by Crippen LogP contribution is -2.07. The van der Waals surface area contributed by atoms with Gasteiger partial charge >= 0.3 is 0 Å². The molecule has 0 aliphatic rings. The molecule has 9 heteroatoms. The summed E-state index contributed by atoms with van der Waals surface area (Å²) < 4.78 is 20.3. The van der Waals surface area contributed by atoms with Gasteiger partial charge in [-0.15, -0.1) is 0 Å². The van der Waals surface area contributed by atoms with Gasteiger partial charge in [-0.05, 0) is 67.5 Å². The van der Waals surface area contributed by atoms with Crippen molar-refractivity contribution in [1.82, 2.24) is 5.32 Å². The number of allylic oxidation sites excluding steroid dienone is 3. The summed E-state index contributed by atoms with van der Waals surface area (Å²) in [6, 6.07) is 11.7. The molecule has 0 unspecified atom stereocenters. The summed E-state index contributed by atoms with van der Waals surface area (Å²) in [7, 11) is 3.22. The Labute approximate surface area is 230 Å². The van der Waals surface area contributed by atoms with Crippen molar-refractivity contribution < 1.29 is 19.0 Å². The molecule has 2 rings (SSSR count). The molecule has 0 saturated heterocycles. The van der Waals surface area contributed by atoms with E-state index in [1.54, 1.807) is 44.6 Å². The molecular weight excluding hydrogens is 500 g/mol. The molecule has 2 aromatic carbocycles. The average Bonchev–Trinajstić information content (AvgIpc) is 2.91. The van der Waals surface area contributed by atoms with Gasteiger partial charge in [-0.25, -0.2) is 0 Å². The van der Waals surface area contributed by atoms with Gasteiger partial charge in [0.05, 0.1) is 20.4 Å². The van der Waals surface area contributed by atoms with E-state index in [4.69, 9.17) is 14.2 Å². The van der Waals surface area contributed by atoms with Crippen molar-refractivity contribution in [2.45, 2.75) is 27.7 Å². The Balaban J connectivity index is 2.35. The van der Waals surface area contributed by atoms with Crippen LogP contribution in [0.15, 0.2) is 65.4 Å². The van der Waals surface area contributed by atoms with Gasteiger partial charge in [0, 0.05) is 47.1 Å². The molecule has 3 N–H and O–H groups in total. The number of amides is 1. The minimum atomic E-state index is 0.181. The summed E-state index contributed by atoms with van der Waals surface area (Å²) in [5.41, 5.74) is 5.65. The van der Waals surface area contributed by atoms with E-state index in [-0.39, 0.29) is 6.73 Å². The van der Waals surface area contributed by atoms with Crippen molar-refractivity contribution in [3.63, 3.8) is 0 Å². The summed E-state index contributed by atoms with van der Waals surface area (Å²) in [6.45, 7) is 12.2. The molecule has 204 valence electrons. The normalized spacial score (nSPS) is 12.1. The molecule has 0 heterocycles. The summed E-state index contributed by atoms with van der Waals surface area (Å²) >= 11 is 1.65. The van der Waals surface area contributed by atoms with E-state index in [9.17, 15) is 4.79 Å². The summed E-state index contributed by atoms with van der Waals surface area (Å²) in [6.07, 6.45) is 5.71. The highest BCUT2D eigenvalue weighted by molar-refractivity contribution is 8.00. The third-order valence-electron chi connectivity index (χ3n) is 5.41. The Kier molecular flexibility index (Phi) is 12.9. The summed E-state index contributed by atoms with van der Waals surface area (Å²) in [5.74, 6) is 3.43. The van der Waals surface area contributed by atoms with Crippen LogP contribution >= 0.6 is 11.9 Å². The minimum absolute atomic E-state index is 0.181. The van der Waals surface area contributed by atoms with Crippen molar-refractivity contribution in [2.24, 2.45) is 10.9 Å². The second-order valence-electron chi connectivity index (χ2n) is 8.77. The van der Waals surface area contributed by atoms with Crippen molar-refractivity contribution in [1.29, 1.82) is 0 Å². The molecule has 0 aromatic heterocycles. The Morgan fingerprint density at radius 2 is 1.71 bits per heavy atom. The second kappa shape index (κ2) is 16.1. The van der Waals surface area contributed by atoms with Gasteiger partial charge in [0.2, 0.25) is 6.41 Å². The van der Waals surface area contributed by atoms with Gasteiger partial charge < -0.3 is 29.6 Å². The second-order valence-corrected chi connectivity index (χ2v) is 9.60. The molecule has 0 aliphatic carbocycles. The molecule has 2 aromatic rings. The molecule has 8 nitrogen and oxygen atoms in total. The summed E-state index contributed by atoms with van der Waals surface area (Å²) in [4.78, 5) is 14.6. The standard InChI is InChI=1S/C29H38N4O4S/c1-20(2)17-38-33-26-11-23(22(4)21(3)8-9-31-18-34)10-24(12-26)29(16-30-5)37-19-32-25-13-27(35-6)15-28(14-25)36-7/h8-16,18,20,32-33H,5,17,19H2,1-4,6-7H3,(H,31,34)/b9-8-,22-21+,29-16-. The first kappa shape index (κ1) is 30.4. The Hall–Kier alpha value is -3.85. The van der Waals surface area contributed by atoms with E-state index in [1.165, 1.54) is 0 Å². The maximum Gasteiger partial charge on any atom is 0.211 e.